The Bertz CT molecular complexity index is 591. The van der Waals surface area contributed by atoms with Crippen molar-refractivity contribution < 1.29 is 9.53 Å². The second-order valence-electron chi connectivity index (χ2n) is 4.04. The van der Waals surface area contributed by atoms with Gasteiger partial charge in [-0.25, -0.2) is 0 Å². The molecule has 0 saturated heterocycles. The second kappa shape index (κ2) is 4.07. The topological polar surface area (TPSA) is 55.7 Å². The molecule has 0 aliphatic carbocycles. The number of amides is 1. The number of carbonyl (C=O) groups is 1. The number of rotatable bonds is 1. The molecule has 1 aliphatic rings. The van der Waals surface area contributed by atoms with E-state index in [2.05, 4.69) is 5.18 Å². The molecule has 0 aromatic heterocycles. The van der Waals surface area contributed by atoms with Crippen LogP contribution in [0.15, 0.2) is 53.7 Å². The minimum Gasteiger partial charge on any atom is -0.457 e. The first-order valence-corrected chi connectivity index (χ1v) is 5.54. The summed E-state index contributed by atoms with van der Waals surface area (Å²) in [4.78, 5) is 22.3. The maximum absolute atomic E-state index is 11.8. The summed E-state index contributed by atoms with van der Waals surface area (Å²) in [6.07, 6.45) is 0. The average molecular weight is 239 g/mol. The Kier molecular flexibility index (Phi) is 2.41. The van der Waals surface area contributed by atoms with Crippen molar-refractivity contribution in [1.82, 2.24) is 0 Å². The molecule has 88 valence electrons. The van der Waals surface area contributed by atoms with Crippen LogP contribution in [0.3, 0.4) is 0 Å². The molecule has 0 fully saturated rings. The quantitative estimate of drug-likeness (QED) is 0.718. The standard InChI is InChI=1S/C14H9NO3/c16-14(15-17)13-9-5-1-3-7-11(9)18-12-8-4-2-6-10(12)13/h1-8,13H. The van der Waals surface area contributed by atoms with Crippen LogP contribution in [0, 0.1) is 4.91 Å². The molecule has 0 radical (unpaired) electrons. The van der Waals surface area contributed by atoms with Gasteiger partial charge < -0.3 is 4.74 Å². The fourth-order valence-corrected chi connectivity index (χ4v) is 2.23. The zero-order valence-electron chi connectivity index (χ0n) is 9.37. The number of fused-ring (bicyclic) bond motifs is 2. The molecule has 0 unspecified atom stereocenters. The van der Waals surface area contributed by atoms with E-state index in [0.717, 1.165) is 0 Å². The van der Waals surface area contributed by atoms with E-state index in [-0.39, 0.29) is 0 Å². The van der Waals surface area contributed by atoms with Crippen molar-refractivity contribution in [2.24, 2.45) is 5.18 Å². The molecule has 1 aliphatic heterocycles. The molecule has 0 atom stereocenters. The van der Waals surface area contributed by atoms with E-state index in [1.807, 2.05) is 12.1 Å². The summed E-state index contributed by atoms with van der Waals surface area (Å²) < 4.78 is 5.71. The molecular weight excluding hydrogens is 230 g/mol. The number of nitrogens with zero attached hydrogens (tertiary/aromatic N) is 1. The Morgan fingerprint density at radius 1 is 0.944 bits per heavy atom. The first-order valence-electron chi connectivity index (χ1n) is 5.54. The van der Waals surface area contributed by atoms with Gasteiger partial charge in [-0.05, 0) is 12.1 Å². The molecule has 3 rings (SSSR count). The average Bonchev–Trinajstić information content (AvgIpc) is 2.44. The molecule has 18 heavy (non-hydrogen) atoms. The number of hydrogen-bond donors (Lipinski definition) is 0. The van der Waals surface area contributed by atoms with E-state index in [9.17, 15) is 9.70 Å². The summed E-state index contributed by atoms with van der Waals surface area (Å²) in [7, 11) is 0. The lowest BCUT2D eigenvalue weighted by molar-refractivity contribution is -0.118. The maximum atomic E-state index is 11.8. The van der Waals surface area contributed by atoms with Gasteiger partial charge in [-0.2, -0.15) is 0 Å². The summed E-state index contributed by atoms with van der Waals surface area (Å²) in [6.45, 7) is 0. The molecule has 1 amide bonds. The first-order chi connectivity index (χ1) is 8.81. The third-order valence-electron chi connectivity index (χ3n) is 3.02. The fraction of sp³-hybridized carbons (Fsp3) is 0.0714. The lowest BCUT2D eigenvalue weighted by Gasteiger charge is -2.25. The van der Waals surface area contributed by atoms with Gasteiger partial charge in [-0.3, -0.25) is 4.79 Å². The summed E-state index contributed by atoms with van der Waals surface area (Å²) in [5.74, 6) is -0.168. The number of carbonyl (C=O) groups excluding carboxylic acids is 1. The van der Waals surface area contributed by atoms with E-state index >= 15 is 0 Å². The Balaban J connectivity index is 2.23. The molecule has 4 nitrogen and oxygen atoms in total. The molecule has 4 heteroatoms. The van der Waals surface area contributed by atoms with Crippen LogP contribution in [-0.4, -0.2) is 5.91 Å². The van der Waals surface area contributed by atoms with Gasteiger partial charge in [-0.15, -0.1) is 4.91 Å². The molecule has 1 heterocycles. The van der Waals surface area contributed by atoms with Crippen molar-refractivity contribution in [2.45, 2.75) is 5.92 Å². The van der Waals surface area contributed by atoms with Gasteiger partial charge >= 0.3 is 0 Å². The Morgan fingerprint density at radius 2 is 1.44 bits per heavy atom. The van der Waals surface area contributed by atoms with Gasteiger partial charge in [0.2, 0.25) is 0 Å². The summed E-state index contributed by atoms with van der Waals surface area (Å²) in [6, 6.07) is 14.4. The summed E-state index contributed by atoms with van der Waals surface area (Å²) in [5, 5.41) is 2.57. The largest absolute Gasteiger partial charge is 0.457 e. The number of nitroso groups, excluding NO2 is 1. The van der Waals surface area contributed by atoms with Crippen molar-refractivity contribution in [3.8, 4) is 11.5 Å². The van der Waals surface area contributed by atoms with Gasteiger partial charge in [0.05, 0.1) is 0 Å². The van der Waals surface area contributed by atoms with Gasteiger partial charge in [0, 0.05) is 16.3 Å². The lowest BCUT2D eigenvalue weighted by Crippen LogP contribution is -2.16. The van der Waals surface area contributed by atoms with Crippen LogP contribution in [0.5, 0.6) is 11.5 Å². The van der Waals surface area contributed by atoms with Crippen LogP contribution in [0.1, 0.15) is 17.0 Å². The first kappa shape index (κ1) is 10.7. The minimum atomic E-state index is -0.696. The molecule has 0 spiro atoms. The predicted molar refractivity (Wildman–Crippen MR) is 65.6 cm³/mol. The minimum absolute atomic E-state index is 0.596. The fourth-order valence-electron chi connectivity index (χ4n) is 2.23. The zero-order chi connectivity index (χ0) is 12.5. The number of para-hydroxylation sites is 2. The van der Waals surface area contributed by atoms with Gasteiger partial charge in [0.1, 0.15) is 17.4 Å². The summed E-state index contributed by atoms with van der Waals surface area (Å²) in [5.41, 5.74) is 1.36. The highest BCUT2D eigenvalue weighted by Crippen LogP contribution is 2.44. The molecular formula is C14H9NO3. The zero-order valence-corrected chi connectivity index (χ0v) is 9.37. The van der Waals surface area contributed by atoms with E-state index in [1.54, 1.807) is 36.4 Å². The maximum Gasteiger partial charge on any atom is 0.298 e. The highest BCUT2D eigenvalue weighted by Gasteiger charge is 2.32. The van der Waals surface area contributed by atoms with E-state index in [1.165, 1.54) is 0 Å². The van der Waals surface area contributed by atoms with Gasteiger partial charge in [0.25, 0.3) is 5.91 Å². The SMILES string of the molecule is O=NC(=O)C1c2ccccc2Oc2ccccc21. The predicted octanol–water partition coefficient (Wildman–Crippen LogP) is 3.22. The van der Waals surface area contributed by atoms with E-state index in [0.29, 0.717) is 22.6 Å². The van der Waals surface area contributed by atoms with Crippen molar-refractivity contribution in [3.63, 3.8) is 0 Å². The Morgan fingerprint density at radius 3 is 1.94 bits per heavy atom. The van der Waals surface area contributed by atoms with Crippen LogP contribution in [0.2, 0.25) is 0 Å². The molecule has 2 aromatic rings. The Hall–Kier alpha value is -2.49. The third kappa shape index (κ3) is 1.50. The van der Waals surface area contributed by atoms with Crippen molar-refractivity contribution in [1.29, 1.82) is 0 Å². The van der Waals surface area contributed by atoms with Crippen LogP contribution >= 0.6 is 0 Å². The molecule has 0 N–H and O–H groups in total. The summed E-state index contributed by atoms with van der Waals surface area (Å²) >= 11 is 0. The van der Waals surface area contributed by atoms with Crippen LogP contribution in [-0.2, 0) is 4.79 Å². The molecule has 2 aromatic carbocycles. The number of benzene rings is 2. The lowest BCUT2D eigenvalue weighted by atomic mass is 9.87. The van der Waals surface area contributed by atoms with Crippen LogP contribution in [0.4, 0.5) is 0 Å². The van der Waals surface area contributed by atoms with Crippen LogP contribution in [0.25, 0.3) is 0 Å². The molecule has 0 bridgehead atoms. The molecule has 0 saturated carbocycles. The van der Waals surface area contributed by atoms with Gasteiger partial charge in [-0.1, -0.05) is 36.4 Å². The highest BCUT2D eigenvalue weighted by atomic mass is 16.5. The van der Waals surface area contributed by atoms with Crippen LogP contribution < -0.4 is 4.74 Å². The van der Waals surface area contributed by atoms with E-state index < -0.39 is 11.8 Å². The number of ether oxygens (including phenoxy) is 1. The normalized spacial score (nSPS) is 13.1. The Labute approximate surface area is 103 Å². The van der Waals surface area contributed by atoms with Crippen molar-refractivity contribution >= 4 is 5.91 Å². The second-order valence-corrected chi connectivity index (χ2v) is 4.04. The smallest absolute Gasteiger partial charge is 0.298 e. The van der Waals surface area contributed by atoms with Crippen molar-refractivity contribution in [3.05, 3.63) is 64.6 Å². The van der Waals surface area contributed by atoms with E-state index in [4.69, 9.17) is 4.74 Å². The highest BCUT2D eigenvalue weighted by molar-refractivity contribution is 5.90. The monoisotopic (exact) mass is 239 g/mol. The van der Waals surface area contributed by atoms with Gasteiger partial charge in [0.15, 0.2) is 0 Å². The van der Waals surface area contributed by atoms with Crippen molar-refractivity contribution in [2.75, 3.05) is 0 Å². The third-order valence-corrected chi connectivity index (χ3v) is 3.02. The number of hydrogen-bond acceptors (Lipinski definition) is 3.